The van der Waals surface area contributed by atoms with Crippen LogP contribution in [0.15, 0.2) is 53.2 Å². The Morgan fingerprint density at radius 3 is 2.72 bits per heavy atom. The zero-order chi connectivity index (χ0) is 17.9. The van der Waals surface area contributed by atoms with Crippen LogP contribution in [0.1, 0.15) is 11.1 Å². The number of carbonyl (C=O) groups excluding carboxylic acids is 1. The van der Waals surface area contributed by atoms with Crippen LogP contribution in [0.25, 0.3) is 16.6 Å². The van der Waals surface area contributed by atoms with Gasteiger partial charge in [0.25, 0.3) is 0 Å². The third kappa shape index (κ3) is 4.55. The number of rotatable bonds is 4. The maximum atomic E-state index is 12.7. The number of thiophene rings is 1. The quantitative estimate of drug-likeness (QED) is 0.604. The minimum atomic E-state index is -4.41. The molecule has 2 heterocycles. The van der Waals surface area contributed by atoms with E-state index in [0.717, 1.165) is 22.7 Å². The molecule has 1 amide bonds. The summed E-state index contributed by atoms with van der Waals surface area (Å²) in [7, 11) is 0. The lowest BCUT2D eigenvalue weighted by molar-refractivity contribution is -0.137. The lowest BCUT2D eigenvalue weighted by Crippen LogP contribution is -2.07. The van der Waals surface area contributed by atoms with Gasteiger partial charge in [-0.05, 0) is 35.2 Å². The fourth-order valence-corrected chi connectivity index (χ4v) is 3.48. The summed E-state index contributed by atoms with van der Waals surface area (Å²) < 4.78 is 38.0. The van der Waals surface area contributed by atoms with Crippen LogP contribution in [0.5, 0.6) is 0 Å². The van der Waals surface area contributed by atoms with Crippen LogP contribution in [-0.4, -0.2) is 10.9 Å². The molecule has 0 aliphatic carbocycles. The van der Waals surface area contributed by atoms with E-state index in [1.54, 1.807) is 11.3 Å². The van der Waals surface area contributed by atoms with Gasteiger partial charge in [0.05, 0.1) is 16.1 Å². The molecule has 1 N–H and O–H groups in total. The number of alkyl halides is 3. The largest absolute Gasteiger partial charge is 0.416 e. The highest BCUT2D eigenvalue weighted by Crippen LogP contribution is 2.30. The van der Waals surface area contributed by atoms with Crippen LogP contribution < -0.4 is 5.32 Å². The third-order valence-corrected chi connectivity index (χ3v) is 4.80. The van der Waals surface area contributed by atoms with E-state index >= 15 is 0 Å². The number of hydrogen-bond donors (Lipinski definition) is 1. The van der Waals surface area contributed by atoms with E-state index in [1.807, 2.05) is 22.9 Å². The first-order valence-corrected chi connectivity index (χ1v) is 8.83. The fraction of sp³-hybridized carbons (Fsp3) is 0.0588. The average molecular weight is 380 g/mol. The summed E-state index contributed by atoms with van der Waals surface area (Å²) in [5.74, 6) is -0.454. The molecule has 3 nitrogen and oxygen atoms in total. The van der Waals surface area contributed by atoms with Gasteiger partial charge >= 0.3 is 6.18 Å². The number of aromatic nitrogens is 1. The molecule has 0 aliphatic rings. The van der Waals surface area contributed by atoms with Crippen molar-refractivity contribution in [1.29, 1.82) is 0 Å². The van der Waals surface area contributed by atoms with Gasteiger partial charge in [-0.2, -0.15) is 13.2 Å². The van der Waals surface area contributed by atoms with E-state index in [4.69, 9.17) is 0 Å². The molecule has 0 unspecified atom stereocenters. The van der Waals surface area contributed by atoms with Crippen molar-refractivity contribution in [3.63, 3.8) is 0 Å². The molecule has 0 atom stereocenters. The molecule has 2 aromatic heterocycles. The van der Waals surface area contributed by atoms with Gasteiger partial charge in [-0.3, -0.25) is 10.1 Å². The number of nitrogens with zero attached hydrogens (tertiary/aromatic N) is 1. The topological polar surface area (TPSA) is 42.0 Å². The summed E-state index contributed by atoms with van der Waals surface area (Å²) in [5.41, 5.74) is 0.316. The number of amides is 1. The summed E-state index contributed by atoms with van der Waals surface area (Å²) in [6.07, 6.45) is -1.90. The molecule has 128 valence electrons. The van der Waals surface area contributed by atoms with Gasteiger partial charge in [-0.25, -0.2) is 4.98 Å². The highest BCUT2D eigenvalue weighted by atomic mass is 32.1. The molecule has 1 aromatic carbocycles. The van der Waals surface area contributed by atoms with Crippen LogP contribution in [0.3, 0.4) is 0 Å². The van der Waals surface area contributed by atoms with Gasteiger partial charge in [0, 0.05) is 11.5 Å². The predicted octanol–water partition coefficient (Wildman–Crippen LogP) is 5.54. The molecule has 25 heavy (non-hydrogen) atoms. The van der Waals surface area contributed by atoms with Crippen molar-refractivity contribution in [3.8, 4) is 10.6 Å². The Morgan fingerprint density at radius 1 is 1.16 bits per heavy atom. The molecule has 0 radical (unpaired) electrons. The van der Waals surface area contributed by atoms with E-state index in [-0.39, 0.29) is 0 Å². The molecule has 3 rings (SSSR count). The second-order valence-corrected chi connectivity index (χ2v) is 6.77. The summed E-state index contributed by atoms with van der Waals surface area (Å²) in [5, 5.41) is 6.80. The van der Waals surface area contributed by atoms with Crippen LogP contribution >= 0.6 is 22.7 Å². The first-order chi connectivity index (χ1) is 11.9. The molecule has 0 saturated carbocycles. The fourth-order valence-electron chi connectivity index (χ4n) is 2.01. The number of nitrogens with one attached hydrogen (secondary N) is 1. The van der Waals surface area contributed by atoms with Crippen molar-refractivity contribution in [1.82, 2.24) is 4.98 Å². The maximum absolute atomic E-state index is 12.7. The Bertz CT molecular complexity index is 899. The van der Waals surface area contributed by atoms with Crippen molar-refractivity contribution in [2.75, 3.05) is 5.32 Å². The standard InChI is InChI=1S/C17H11F3N2OS2/c18-17(19,20)12-4-1-3-11(9-12)6-7-15(23)22-16-21-13(10-25-16)14-5-2-8-24-14/h1-10H,(H,21,22,23). The third-order valence-electron chi connectivity index (χ3n) is 3.15. The van der Waals surface area contributed by atoms with Gasteiger partial charge in [0.2, 0.25) is 5.91 Å². The molecule has 0 saturated heterocycles. The van der Waals surface area contributed by atoms with E-state index in [9.17, 15) is 18.0 Å². The number of anilines is 1. The Hall–Kier alpha value is -2.45. The Morgan fingerprint density at radius 2 is 2.00 bits per heavy atom. The normalized spacial score (nSPS) is 11.8. The van der Waals surface area contributed by atoms with E-state index < -0.39 is 17.6 Å². The zero-order valence-electron chi connectivity index (χ0n) is 12.6. The first-order valence-electron chi connectivity index (χ1n) is 7.07. The van der Waals surface area contributed by atoms with Crippen LogP contribution in [0.2, 0.25) is 0 Å². The molecule has 0 bridgehead atoms. The molecule has 3 aromatic rings. The molecule has 0 fully saturated rings. The van der Waals surface area contributed by atoms with Crippen molar-refractivity contribution < 1.29 is 18.0 Å². The Balaban J connectivity index is 1.66. The Labute approximate surface area is 149 Å². The summed E-state index contributed by atoms with van der Waals surface area (Å²) in [6.45, 7) is 0. The number of hydrogen-bond acceptors (Lipinski definition) is 4. The summed E-state index contributed by atoms with van der Waals surface area (Å²) in [4.78, 5) is 17.2. The van der Waals surface area contributed by atoms with Crippen molar-refractivity contribution in [2.45, 2.75) is 6.18 Å². The van der Waals surface area contributed by atoms with Crippen molar-refractivity contribution in [2.24, 2.45) is 0 Å². The lowest BCUT2D eigenvalue weighted by atomic mass is 10.1. The van der Waals surface area contributed by atoms with Crippen molar-refractivity contribution in [3.05, 3.63) is 64.4 Å². The Kier molecular flexibility index (Phi) is 5.00. The molecular weight excluding hydrogens is 369 g/mol. The van der Waals surface area contributed by atoms with Gasteiger partial charge < -0.3 is 0 Å². The van der Waals surface area contributed by atoms with E-state index in [2.05, 4.69) is 10.3 Å². The first kappa shape index (κ1) is 17.4. The molecule has 0 spiro atoms. The van der Waals surface area contributed by atoms with Gasteiger partial charge in [-0.15, -0.1) is 22.7 Å². The lowest BCUT2D eigenvalue weighted by Gasteiger charge is -2.06. The second kappa shape index (κ2) is 7.20. The predicted molar refractivity (Wildman–Crippen MR) is 94.5 cm³/mol. The zero-order valence-corrected chi connectivity index (χ0v) is 14.2. The monoisotopic (exact) mass is 380 g/mol. The smallest absolute Gasteiger partial charge is 0.298 e. The highest BCUT2D eigenvalue weighted by molar-refractivity contribution is 7.16. The second-order valence-electron chi connectivity index (χ2n) is 4.96. The van der Waals surface area contributed by atoms with Gasteiger partial charge in [0.1, 0.15) is 0 Å². The number of benzene rings is 1. The van der Waals surface area contributed by atoms with Gasteiger partial charge in [-0.1, -0.05) is 18.2 Å². The number of carbonyl (C=O) groups is 1. The van der Waals surface area contributed by atoms with Crippen LogP contribution in [-0.2, 0) is 11.0 Å². The SMILES string of the molecule is O=C(C=Cc1cccc(C(F)(F)F)c1)Nc1nc(-c2cccs2)cs1. The van der Waals surface area contributed by atoms with Crippen molar-refractivity contribution >= 4 is 39.8 Å². The maximum Gasteiger partial charge on any atom is 0.416 e. The average Bonchev–Trinajstić information content (AvgIpc) is 3.23. The number of thiazole rings is 1. The van der Waals surface area contributed by atoms with Crippen LogP contribution in [0.4, 0.5) is 18.3 Å². The molecular formula is C17H11F3N2OS2. The minimum Gasteiger partial charge on any atom is -0.298 e. The van der Waals surface area contributed by atoms with E-state index in [0.29, 0.717) is 10.7 Å². The highest BCUT2D eigenvalue weighted by Gasteiger charge is 2.30. The van der Waals surface area contributed by atoms with E-state index in [1.165, 1.54) is 35.6 Å². The molecule has 0 aliphatic heterocycles. The minimum absolute atomic E-state index is 0.295. The van der Waals surface area contributed by atoms with Gasteiger partial charge in [0.15, 0.2) is 5.13 Å². The van der Waals surface area contributed by atoms with Crippen LogP contribution in [0, 0.1) is 0 Å². The molecule has 8 heteroatoms. The number of halogens is 3. The summed E-state index contributed by atoms with van der Waals surface area (Å²) >= 11 is 2.83. The summed E-state index contributed by atoms with van der Waals surface area (Å²) in [6, 6.07) is 8.61.